The molecule has 1 fully saturated rings. The van der Waals surface area contributed by atoms with Crippen molar-refractivity contribution < 1.29 is 4.79 Å². The van der Waals surface area contributed by atoms with Crippen molar-refractivity contribution in [2.75, 3.05) is 26.7 Å². The number of nitrogens with one attached hydrogen (secondary N) is 2. The monoisotopic (exact) mass is 241 g/mol. The summed E-state index contributed by atoms with van der Waals surface area (Å²) >= 11 is 0. The van der Waals surface area contributed by atoms with Gasteiger partial charge < -0.3 is 10.6 Å². The van der Waals surface area contributed by atoms with E-state index in [4.69, 9.17) is 0 Å². The number of nitrogens with zero attached hydrogens (tertiary/aromatic N) is 1. The molecule has 1 aliphatic heterocycles. The van der Waals surface area contributed by atoms with Gasteiger partial charge in [0.1, 0.15) is 0 Å². The molecule has 1 heterocycles. The van der Waals surface area contributed by atoms with Crippen LogP contribution in [0.1, 0.15) is 40.0 Å². The van der Waals surface area contributed by atoms with Gasteiger partial charge in [-0.05, 0) is 47.2 Å². The van der Waals surface area contributed by atoms with Crippen LogP contribution in [0, 0.1) is 0 Å². The summed E-state index contributed by atoms with van der Waals surface area (Å²) < 4.78 is 0. The van der Waals surface area contributed by atoms with E-state index in [1.54, 1.807) is 0 Å². The van der Waals surface area contributed by atoms with Crippen LogP contribution in [0.4, 0.5) is 0 Å². The number of amides is 1. The van der Waals surface area contributed by atoms with Gasteiger partial charge in [-0.3, -0.25) is 9.69 Å². The van der Waals surface area contributed by atoms with Gasteiger partial charge in [-0.15, -0.1) is 0 Å². The summed E-state index contributed by atoms with van der Waals surface area (Å²) in [5, 5.41) is 6.48. The average molecular weight is 241 g/mol. The highest BCUT2D eigenvalue weighted by molar-refractivity contribution is 5.78. The van der Waals surface area contributed by atoms with Crippen LogP contribution in [-0.4, -0.2) is 49.1 Å². The van der Waals surface area contributed by atoms with Crippen molar-refractivity contribution in [1.29, 1.82) is 0 Å². The van der Waals surface area contributed by atoms with E-state index in [1.807, 2.05) is 27.8 Å². The minimum Gasteiger partial charge on any atom is -0.350 e. The van der Waals surface area contributed by atoms with Crippen molar-refractivity contribution in [3.8, 4) is 0 Å². The van der Waals surface area contributed by atoms with E-state index >= 15 is 0 Å². The minimum atomic E-state index is -0.138. The van der Waals surface area contributed by atoms with E-state index in [0.717, 1.165) is 13.1 Å². The molecular weight excluding hydrogens is 214 g/mol. The molecule has 0 aliphatic carbocycles. The third kappa shape index (κ3) is 6.64. The molecule has 4 nitrogen and oxygen atoms in total. The smallest absolute Gasteiger partial charge is 0.234 e. The summed E-state index contributed by atoms with van der Waals surface area (Å²) in [4.78, 5) is 13.8. The first-order valence-electron chi connectivity index (χ1n) is 6.60. The highest BCUT2D eigenvalue weighted by Crippen LogP contribution is 2.07. The van der Waals surface area contributed by atoms with E-state index in [-0.39, 0.29) is 11.4 Å². The molecule has 1 aliphatic rings. The summed E-state index contributed by atoms with van der Waals surface area (Å²) in [5.41, 5.74) is -0.138. The quantitative estimate of drug-likeness (QED) is 0.771. The van der Waals surface area contributed by atoms with Crippen LogP contribution in [0.3, 0.4) is 0 Å². The average Bonchev–Trinajstić information content (AvgIpc) is 2.15. The van der Waals surface area contributed by atoms with E-state index in [0.29, 0.717) is 12.6 Å². The summed E-state index contributed by atoms with van der Waals surface area (Å²) in [6, 6.07) is 0.552. The molecule has 0 spiro atoms. The molecule has 4 heteroatoms. The van der Waals surface area contributed by atoms with Gasteiger partial charge in [-0.25, -0.2) is 0 Å². The standard InChI is InChI=1S/C13H27N3O/c1-13(2,3)15-12(17)10-16(4)9-11-7-5-6-8-14-11/h11,14H,5-10H2,1-4H3,(H,15,17). The second-order valence-electron chi connectivity index (χ2n) is 6.14. The molecule has 0 aromatic rings. The van der Waals surface area contributed by atoms with Gasteiger partial charge in [0.25, 0.3) is 0 Å². The normalized spacial score (nSPS) is 21.6. The molecule has 2 N–H and O–H groups in total. The topological polar surface area (TPSA) is 44.4 Å². The molecular formula is C13H27N3O. The number of hydrogen-bond acceptors (Lipinski definition) is 3. The number of rotatable bonds is 4. The maximum Gasteiger partial charge on any atom is 0.234 e. The number of carbonyl (C=O) groups excluding carboxylic acids is 1. The molecule has 17 heavy (non-hydrogen) atoms. The van der Waals surface area contributed by atoms with E-state index < -0.39 is 0 Å². The lowest BCUT2D eigenvalue weighted by atomic mass is 10.0. The first-order chi connectivity index (χ1) is 7.87. The van der Waals surface area contributed by atoms with Gasteiger partial charge in [0.05, 0.1) is 6.54 Å². The van der Waals surface area contributed by atoms with Crippen molar-refractivity contribution in [3.05, 3.63) is 0 Å². The van der Waals surface area contributed by atoms with Gasteiger partial charge in [0, 0.05) is 18.1 Å². The summed E-state index contributed by atoms with van der Waals surface area (Å²) in [7, 11) is 2.01. The predicted octanol–water partition coefficient (Wildman–Crippen LogP) is 0.975. The fourth-order valence-corrected chi connectivity index (χ4v) is 2.22. The second kappa shape index (κ2) is 6.36. The Labute approximate surface area is 105 Å². The number of carbonyl (C=O) groups is 1. The summed E-state index contributed by atoms with van der Waals surface area (Å²) in [6.45, 7) is 8.58. The van der Waals surface area contributed by atoms with Crippen LogP contribution >= 0.6 is 0 Å². The van der Waals surface area contributed by atoms with Crippen LogP contribution in [0.5, 0.6) is 0 Å². The van der Waals surface area contributed by atoms with Crippen molar-refractivity contribution >= 4 is 5.91 Å². The lowest BCUT2D eigenvalue weighted by molar-refractivity contribution is -0.123. The SMILES string of the molecule is CN(CC(=O)NC(C)(C)C)CC1CCCCN1. The molecule has 0 aromatic carbocycles. The highest BCUT2D eigenvalue weighted by atomic mass is 16.2. The molecule has 1 atom stereocenters. The van der Waals surface area contributed by atoms with E-state index in [2.05, 4.69) is 15.5 Å². The van der Waals surface area contributed by atoms with Crippen LogP contribution in [0.15, 0.2) is 0 Å². The third-order valence-electron chi connectivity index (χ3n) is 2.87. The van der Waals surface area contributed by atoms with E-state index in [9.17, 15) is 4.79 Å². The Morgan fingerprint density at radius 2 is 2.12 bits per heavy atom. The zero-order chi connectivity index (χ0) is 12.9. The fraction of sp³-hybridized carbons (Fsp3) is 0.923. The van der Waals surface area contributed by atoms with Crippen LogP contribution in [-0.2, 0) is 4.79 Å². The van der Waals surface area contributed by atoms with Crippen molar-refractivity contribution in [1.82, 2.24) is 15.5 Å². The molecule has 0 aromatic heterocycles. The Bertz CT molecular complexity index is 242. The van der Waals surface area contributed by atoms with E-state index in [1.165, 1.54) is 19.3 Å². The molecule has 0 radical (unpaired) electrons. The molecule has 1 rings (SSSR count). The van der Waals surface area contributed by atoms with Crippen molar-refractivity contribution in [2.24, 2.45) is 0 Å². The Morgan fingerprint density at radius 1 is 1.41 bits per heavy atom. The van der Waals surface area contributed by atoms with Gasteiger partial charge in [-0.2, -0.15) is 0 Å². The minimum absolute atomic E-state index is 0.107. The Kier molecular flexibility index (Phi) is 5.40. The second-order valence-corrected chi connectivity index (χ2v) is 6.14. The van der Waals surface area contributed by atoms with Gasteiger partial charge in [0.2, 0.25) is 5.91 Å². The lowest BCUT2D eigenvalue weighted by Crippen LogP contribution is -2.48. The molecule has 0 bridgehead atoms. The third-order valence-corrected chi connectivity index (χ3v) is 2.87. The van der Waals surface area contributed by atoms with Crippen molar-refractivity contribution in [3.63, 3.8) is 0 Å². The van der Waals surface area contributed by atoms with Gasteiger partial charge in [0.15, 0.2) is 0 Å². The Hall–Kier alpha value is -0.610. The summed E-state index contributed by atoms with van der Waals surface area (Å²) in [5.74, 6) is 0.107. The highest BCUT2D eigenvalue weighted by Gasteiger charge is 2.18. The maximum absolute atomic E-state index is 11.7. The number of piperidine rings is 1. The van der Waals surface area contributed by atoms with Crippen LogP contribution < -0.4 is 10.6 Å². The van der Waals surface area contributed by atoms with Crippen LogP contribution in [0.25, 0.3) is 0 Å². The zero-order valence-corrected chi connectivity index (χ0v) is 11.7. The zero-order valence-electron chi connectivity index (χ0n) is 11.7. The van der Waals surface area contributed by atoms with Gasteiger partial charge in [-0.1, -0.05) is 6.42 Å². The first kappa shape index (κ1) is 14.5. The van der Waals surface area contributed by atoms with Crippen LogP contribution in [0.2, 0.25) is 0 Å². The lowest BCUT2D eigenvalue weighted by Gasteiger charge is -2.29. The molecule has 100 valence electrons. The number of likely N-dealkylation sites (N-methyl/N-ethyl adjacent to an activating group) is 1. The van der Waals surface area contributed by atoms with Gasteiger partial charge >= 0.3 is 0 Å². The molecule has 1 unspecified atom stereocenters. The Balaban J connectivity index is 2.23. The predicted molar refractivity (Wildman–Crippen MR) is 71.0 cm³/mol. The fourth-order valence-electron chi connectivity index (χ4n) is 2.22. The Morgan fingerprint density at radius 3 is 2.65 bits per heavy atom. The molecule has 1 amide bonds. The molecule has 1 saturated heterocycles. The van der Waals surface area contributed by atoms with Crippen molar-refractivity contribution in [2.45, 2.75) is 51.6 Å². The first-order valence-corrected chi connectivity index (χ1v) is 6.60. The maximum atomic E-state index is 11.7. The largest absolute Gasteiger partial charge is 0.350 e. The molecule has 0 saturated carbocycles. The number of hydrogen-bond donors (Lipinski definition) is 2. The summed E-state index contributed by atoms with van der Waals surface area (Å²) in [6.07, 6.45) is 3.82.